The second-order valence-corrected chi connectivity index (χ2v) is 15.9. The van der Waals surface area contributed by atoms with Gasteiger partial charge in [0, 0.05) is 53.6 Å². The number of pyridine rings is 2. The lowest BCUT2D eigenvalue weighted by molar-refractivity contribution is 0.173. The lowest BCUT2D eigenvalue weighted by Crippen LogP contribution is -2.27. The number of halogens is 4. The Kier molecular flexibility index (Phi) is 16.5. The van der Waals surface area contributed by atoms with Crippen LogP contribution in [0.5, 0.6) is 23.0 Å². The van der Waals surface area contributed by atoms with E-state index in [1.54, 1.807) is 13.8 Å². The molecule has 0 bridgehead atoms. The fraction of sp³-hybridized carbons (Fsp3) is 0.333. The molecule has 6 aromatic rings. The molecule has 18 nitrogen and oxygen atoms in total. The van der Waals surface area contributed by atoms with Gasteiger partial charge in [0.2, 0.25) is 20.9 Å². The first kappa shape index (κ1) is 48.6. The average Bonchev–Trinajstić information content (AvgIpc) is 3.19. The number of nitrogens with two attached hydrogens (primary N) is 1. The van der Waals surface area contributed by atoms with Crippen LogP contribution >= 0.6 is 0 Å². The molecular formula is C39H44F4N8O10S. The van der Waals surface area contributed by atoms with Crippen molar-refractivity contribution >= 4 is 37.9 Å². The molecule has 0 saturated heterocycles. The molecule has 0 aliphatic carbocycles. The molecule has 0 aliphatic rings. The number of benzene rings is 2. The molecule has 2 aromatic carbocycles. The summed E-state index contributed by atoms with van der Waals surface area (Å²) < 4.78 is 90.3. The van der Waals surface area contributed by atoms with Crippen molar-refractivity contribution in [3.8, 4) is 23.0 Å². The number of fused-ring (bicyclic) bond motifs is 2. The number of nitrogens with one attached hydrogen (secondary N) is 1. The van der Waals surface area contributed by atoms with Gasteiger partial charge in [0.1, 0.15) is 22.9 Å². The minimum Gasteiger partial charge on any atom is -0.448 e. The molecule has 0 aliphatic heterocycles. The van der Waals surface area contributed by atoms with Crippen LogP contribution in [0.2, 0.25) is 0 Å². The second kappa shape index (κ2) is 21.1. The Balaban J connectivity index is 0.000000246. The molecule has 0 unspecified atom stereocenters. The van der Waals surface area contributed by atoms with Crippen LogP contribution in [-0.2, 0) is 22.9 Å². The van der Waals surface area contributed by atoms with E-state index in [0.717, 1.165) is 35.1 Å². The molecule has 0 saturated carbocycles. The van der Waals surface area contributed by atoms with Crippen molar-refractivity contribution in [2.24, 2.45) is 5.73 Å². The molecule has 6 rings (SSSR count). The Bertz CT molecular complexity index is 2760. The van der Waals surface area contributed by atoms with E-state index in [2.05, 4.69) is 25.3 Å². The monoisotopic (exact) mass is 892 g/mol. The second-order valence-electron chi connectivity index (χ2n) is 14.0. The Morgan fingerprint density at radius 2 is 1.15 bits per heavy atom. The van der Waals surface area contributed by atoms with Gasteiger partial charge in [-0.3, -0.25) is 18.7 Å². The number of anilines is 1. The number of hydrogen-bond donors (Lipinski definition) is 6. The minimum atomic E-state index is -3.74. The van der Waals surface area contributed by atoms with Gasteiger partial charge >= 0.3 is 0 Å². The summed E-state index contributed by atoms with van der Waals surface area (Å²) >= 11 is 0. The fourth-order valence-electron chi connectivity index (χ4n) is 5.13. The number of hydrogen-bond acceptors (Lipinski definition) is 16. The quantitative estimate of drug-likeness (QED) is 0.0719. The van der Waals surface area contributed by atoms with Gasteiger partial charge in [-0.25, -0.2) is 35.9 Å². The van der Waals surface area contributed by atoms with Gasteiger partial charge in [0.25, 0.3) is 11.1 Å². The number of aliphatic hydroxyl groups is 4. The van der Waals surface area contributed by atoms with Crippen LogP contribution in [0.15, 0.2) is 75.7 Å². The highest BCUT2D eigenvalue weighted by Gasteiger charge is 2.20. The van der Waals surface area contributed by atoms with Crippen LogP contribution in [0.3, 0.4) is 0 Å². The molecule has 62 heavy (non-hydrogen) atoms. The van der Waals surface area contributed by atoms with Crippen molar-refractivity contribution in [3.05, 3.63) is 105 Å². The summed E-state index contributed by atoms with van der Waals surface area (Å²) in [6.07, 6.45) is 1.66. The predicted molar refractivity (Wildman–Crippen MR) is 218 cm³/mol. The van der Waals surface area contributed by atoms with Crippen LogP contribution < -0.4 is 31.6 Å². The molecule has 7 N–H and O–H groups in total. The van der Waals surface area contributed by atoms with Gasteiger partial charge in [-0.05, 0) is 64.1 Å². The van der Waals surface area contributed by atoms with Crippen molar-refractivity contribution < 1.29 is 55.9 Å². The molecule has 0 spiro atoms. The zero-order valence-corrected chi connectivity index (χ0v) is 34.6. The molecule has 334 valence electrons. The summed E-state index contributed by atoms with van der Waals surface area (Å²) in [5.74, 6) is -4.60. The highest BCUT2D eigenvalue weighted by atomic mass is 32.2. The average molecular weight is 893 g/mol. The van der Waals surface area contributed by atoms with E-state index >= 15 is 0 Å². The molecule has 23 heteroatoms. The summed E-state index contributed by atoms with van der Waals surface area (Å²) in [7, 11) is -3.74. The lowest BCUT2D eigenvalue weighted by atomic mass is 10.2. The first-order valence-electron chi connectivity index (χ1n) is 18.5. The number of ether oxygens (including phenoxy) is 2. The van der Waals surface area contributed by atoms with Gasteiger partial charge < -0.3 is 41.0 Å². The predicted octanol–water partition coefficient (Wildman–Crippen LogP) is 3.01. The van der Waals surface area contributed by atoms with Crippen molar-refractivity contribution in [2.45, 2.75) is 70.2 Å². The molecule has 0 radical (unpaired) electrons. The van der Waals surface area contributed by atoms with Crippen molar-refractivity contribution in [1.29, 1.82) is 0 Å². The first-order valence-corrected chi connectivity index (χ1v) is 20.4. The third kappa shape index (κ3) is 13.0. The van der Waals surface area contributed by atoms with E-state index in [1.807, 2.05) is 0 Å². The normalized spacial score (nSPS) is 13.3. The van der Waals surface area contributed by atoms with Gasteiger partial charge in [0.05, 0.1) is 38.5 Å². The molecule has 0 fully saturated rings. The van der Waals surface area contributed by atoms with E-state index in [9.17, 15) is 45.8 Å². The first-order chi connectivity index (χ1) is 29.1. The Morgan fingerprint density at radius 1 is 0.710 bits per heavy atom. The summed E-state index contributed by atoms with van der Waals surface area (Å²) in [4.78, 5) is 41.8. The lowest BCUT2D eigenvalue weighted by Gasteiger charge is -2.16. The maximum Gasteiger partial charge on any atom is 0.295 e. The summed E-state index contributed by atoms with van der Waals surface area (Å²) in [5, 5.41) is 39.7. The summed E-state index contributed by atoms with van der Waals surface area (Å²) in [6.45, 7) is 6.02. The molecule has 4 atom stereocenters. The Labute approximate surface area is 350 Å². The number of rotatable bonds is 13. The smallest absolute Gasteiger partial charge is 0.295 e. The largest absolute Gasteiger partial charge is 0.448 e. The van der Waals surface area contributed by atoms with Gasteiger partial charge in [-0.2, -0.15) is 9.97 Å². The van der Waals surface area contributed by atoms with Gasteiger partial charge in [-0.15, -0.1) is 0 Å². The highest BCUT2D eigenvalue weighted by molar-refractivity contribution is 7.90. The Morgan fingerprint density at radius 3 is 1.53 bits per heavy atom. The summed E-state index contributed by atoms with van der Waals surface area (Å²) in [6, 6.07) is 7.52. The van der Waals surface area contributed by atoms with Crippen molar-refractivity contribution in [2.75, 3.05) is 24.8 Å². The third-order valence-corrected chi connectivity index (χ3v) is 8.82. The topological polar surface area (TPSA) is 267 Å². The third-order valence-electron chi connectivity index (χ3n) is 7.96. The zero-order valence-electron chi connectivity index (χ0n) is 33.8. The molecule has 4 heterocycles. The van der Waals surface area contributed by atoms with E-state index in [-0.39, 0.29) is 84.0 Å². The van der Waals surface area contributed by atoms with Crippen LogP contribution in [0.25, 0.3) is 22.1 Å². The number of sulfone groups is 1. The van der Waals surface area contributed by atoms with Crippen LogP contribution in [0, 0.1) is 23.3 Å². The fourth-order valence-corrected chi connectivity index (χ4v) is 5.63. The van der Waals surface area contributed by atoms with E-state index in [0.29, 0.717) is 17.5 Å². The number of nitrogens with zero attached hydrogens (tertiary/aromatic N) is 6. The SMILES string of the molecule is C[C@@H](N)CO.C[C@H](O)Cn1c(=O)c(Oc2ccc(F)cc2F)cc2cnc(N[C@H](C)CO)nc21.C[C@H](O)Cn1c(=O)c(Oc2ccc(F)cc2F)cc2cnc(S(C)(=O)=O)nc21. The van der Waals surface area contributed by atoms with E-state index < -0.39 is 61.6 Å². The van der Waals surface area contributed by atoms with Crippen LogP contribution in [0.1, 0.15) is 27.7 Å². The zero-order chi connectivity index (χ0) is 46.1. The van der Waals surface area contributed by atoms with Gasteiger partial charge in [-0.1, -0.05) is 0 Å². The Hall–Kier alpha value is -6.11. The highest BCUT2D eigenvalue weighted by Crippen LogP contribution is 2.27. The minimum absolute atomic E-state index is 0.0340. The maximum atomic E-state index is 13.9. The van der Waals surface area contributed by atoms with Crippen molar-refractivity contribution in [1.82, 2.24) is 29.1 Å². The van der Waals surface area contributed by atoms with E-state index in [1.165, 1.54) is 42.9 Å². The maximum absolute atomic E-state index is 13.9. The molecule has 0 amide bonds. The summed E-state index contributed by atoms with van der Waals surface area (Å²) in [5.41, 5.74) is 3.80. The van der Waals surface area contributed by atoms with Crippen LogP contribution in [0.4, 0.5) is 23.5 Å². The number of aliphatic hydroxyl groups excluding tert-OH is 4. The van der Waals surface area contributed by atoms with Gasteiger partial charge in [0.15, 0.2) is 34.6 Å². The van der Waals surface area contributed by atoms with Crippen molar-refractivity contribution in [3.63, 3.8) is 0 Å². The van der Waals surface area contributed by atoms with E-state index in [4.69, 9.17) is 25.4 Å². The molecular weight excluding hydrogens is 849 g/mol. The number of aromatic nitrogens is 6. The van der Waals surface area contributed by atoms with Crippen LogP contribution in [-0.4, -0.2) is 102 Å². The standard InChI is InChI=1S/C19H20F2N4O4.C17H15F2N3O5S.C3H9NO/c1-10(9-26)23-19-22-7-12-5-16(29-15-4-3-13(20)6-14(15)21)18(28)25(8-11(2)27)17(12)24-19;1-9(23)8-22-15-10(7-20-17(21-15)28(2,25)26)5-14(16(22)24)27-13-4-3-11(18)6-12(13)19;1-3(4)2-5/h3-7,10-11,26-27H,8-9H2,1-2H3,(H,22,23,24);3-7,9,23H,8H2,1-2H3;3,5H,2,4H2,1H3/t10-,11+;9-;3-/m101/s1. The molecule has 4 aromatic heterocycles.